The Bertz CT molecular complexity index is 505. The second-order valence-corrected chi connectivity index (χ2v) is 8.06. The summed E-state index contributed by atoms with van der Waals surface area (Å²) in [4.78, 5) is 17.5. The second kappa shape index (κ2) is 10.1. The molecule has 0 aliphatic rings. The van der Waals surface area contributed by atoms with Crippen LogP contribution >= 0.6 is 11.3 Å². The van der Waals surface area contributed by atoms with Crippen molar-refractivity contribution in [2.45, 2.75) is 85.2 Å². The first-order valence-corrected chi connectivity index (χ1v) is 10.0. The number of nitrogens with zero attached hydrogens (tertiary/aromatic N) is 1. The van der Waals surface area contributed by atoms with E-state index >= 15 is 0 Å². The topological polar surface area (TPSA) is 51.2 Å². The molecule has 0 fully saturated rings. The number of amides is 1. The molecule has 1 amide bonds. The average Bonchev–Trinajstić information content (AvgIpc) is 2.89. The van der Waals surface area contributed by atoms with Gasteiger partial charge in [0.05, 0.1) is 16.3 Å². The van der Waals surface area contributed by atoms with Gasteiger partial charge in [-0.05, 0) is 33.1 Å². The maximum atomic E-state index is 12.3. The van der Waals surface area contributed by atoms with Gasteiger partial charge in [0.2, 0.25) is 0 Å². The number of carbonyl (C=O) groups is 1. The van der Waals surface area contributed by atoms with Gasteiger partial charge >= 0.3 is 0 Å². The molecule has 0 aliphatic carbocycles. The van der Waals surface area contributed by atoms with Crippen LogP contribution in [0.15, 0.2) is 0 Å². The Hall–Kier alpha value is -0.940. The normalized spacial score (nSPS) is 12.0. The SMILES string of the molecule is CCCC(C)(CCC)OCCCNC(=O)c1sc(C(C)C)nc1C. The standard InChI is InChI=1S/C19H34N2O2S/c1-7-10-19(6,11-8-2)23-13-9-12-20-17(22)16-15(5)21-18(24-16)14(3)4/h14H,7-13H2,1-6H3,(H,20,22). The summed E-state index contributed by atoms with van der Waals surface area (Å²) in [5, 5.41) is 4.02. The van der Waals surface area contributed by atoms with E-state index < -0.39 is 0 Å². The van der Waals surface area contributed by atoms with Crippen LogP contribution in [0.3, 0.4) is 0 Å². The number of ether oxygens (including phenoxy) is 1. The van der Waals surface area contributed by atoms with Gasteiger partial charge in [0.1, 0.15) is 4.88 Å². The van der Waals surface area contributed by atoms with Gasteiger partial charge in [0, 0.05) is 19.1 Å². The fourth-order valence-corrected chi connectivity index (χ4v) is 3.86. The molecule has 0 bridgehead atoms. The summed E-state index contributed by atoms with van der Waals surface area (Å²) in [6.07, 6.45) is 5.28. The van der Waals surface area contributed by atoms with Crippen molar-refractivity contribution in [3.8, 4) is 0 Å². The molecule has 0 atom stereocenters. The first kappa shape index (κ1) is 21.1. The summed E-state index contributed by atoms with van der Waals surface area (Å²) >= 11 is 1.50. The van der Waals surface area contributed by atoms with Crippen molar-refractivity contribution >= 4 is 17.2 Å². The number of hydrogen-bond donors (Lipinski definition) is 1. The third kappa shape index (κ3) is 6.52. The molecule has 138 valence electrons. The van der Waals surface area contributed by atoms with E-state index in [0.29, 0.717) is 19.1 Å². The number of carbonyl (C=O) groups excluding carboxylic acids is 1. The number of aromatic nitrogens is 1. The van der Waals surface area contributed by atoms with Crippen molar-refractivity contribution in [1.29, 1.82) is 0 Å². The highest BCUT2D eigenvalue weighted by Gasteiger charge is 2.22. The lowest BCUT2D eigenvalue weighted by atomic mass is 9.95. The van der Waals surface area contributed by atoms with E-state index in [9.17, 15) is 4.79 Å². The minimum atomic E-state index is -0.0199. The summed E-state index contributed by atoms with van der Waals surface area (Å²) in [5.74, 6) is 0.347. The van der Waals surface area contributed by atoms with Crippen LogP contribution in [0.25, 0.3) is 0 Å². The van der Waals surface area contributed by atoms with E-state index in [1.807, 2.05) is 6.92 Å². The van der Waals surface area contributed by atoms with E-state index in [0.717, 1.165) is 47.7 Å². The molecule has 24 heavy (non-hydrogen) atoms. The summed E-state index contributed by atoms with van der Waals surface area (Å²) in [6, 6.07) is 0. The molecule has 5 heteroatoms. The molecule has 1 heterocycles. The number of hydrogen-bond acceptors (Lipinski definition) is 4. The van der Waals surface area contributed by atoms with Gasteiger partial charge in [-0.3, -0.25) is 4.79 Å². The maximum Gasteiger partial charge on any atom is 0.263 e. The molecule has 1 aromatic rings. The molecular weight excluding hydrogens is 320 g/mol. The van der Waals surface area contributed by atoms with Crippen molar-refractivity contribution in [3.63, 3.8) is 0 Å². The van der Waals surface area contributed by atoms with Crippen LogP contribution < -0.4 is 5.32 Å². The number of nitrogens with one attached hydrogen (secondary N) is 1. The number of aryl methyl sites for hydroxylation is 1. The highest BCUT2D eigenvalue weighted by molar-refractivity contribution is 7.13. The van der Waals surface area contributed by atoms with Crippen LogP contribution in [-0.2, 0) is 4.74 Å². The van der Waals surface area contributed by atoms with Gasteiger partial charge in [0.15, 0.2) is 0 Å². The smallest absolute Gasteiger partial charge is 0.263 e. The third-order valence-corrected chi connectivity index (χ3v) is 5.58. The van der Waals surface area contributed by atoms with Crippen molar-refractivity contribution in [1.82, 2.24) is 10.3 Å². The molecule has 0 radical (unpaired) electrons. The molecule has 1 rings (SSSR count). The minimum Gasteiger partial charge on any atom is -0.375 e. The lowest BCUT2D eigenvalue weighted by molar-refractivity contribution is -0.0451. The lowest BCUT2D eigenvalue weighted by Gasteiger charge is -2.29. The van der Waals surface area contributed by atoms with Crippen LogP contribution in [-0.4, -0.2) is 29.6 Å². The zero-order valence-electron chi connectivity index (χ0n) is 16.2. The van der Waals surface area contributed by atoms with Gasteiger partial charge in [0.25, 0.3) is 5.91 Å². The largest absolute Gasteiger partial charge is 0.375 e. The zero-order chi connectivity index (χ0) is 18.2. The van der Waals surface area contributed by atoms with E-state index in [1.165, 1.54) is 11.3 Å². The van der Waals surface area contributed by atoms with Crippen molar-refractivity contribution in [3.05, 3.63) is 15.6 Å². The maximum absolute atomic E-state index is 12.3. The van der Waals surface area contributed by atoms with Gasteiger partial charge < -0.3 is 10.1 Å². The van der Waals surface area contributed by atoms with Crippen molar-refractivity contribution in [2.75, 3.05) is 13.2 Å². The monoisotopic (exact) mass is 354 g/mol. The highest BCUT2D eigenvalue weighted by atomic mass is 32.1. The quantitative estimate of drug-likeness (QED) is 0.564. The van der Waals surface area contributed by atoms with Gasteiger partial charge in [-0.1, -0.05) is 40.5 Å². The Morgan fingerprint density at radius 1 is 1.29 bits per heavy atom. The molecular formula is C19H34N2O2S. The second-order valence-electron chi connectivity index (χ2n) is 7.03. The molecule has 0 spiro atoms. The molecule has 1 N–H and O–H groups in total. The van der Waals surface area contributed by atoms with E-state index in [4.69, 9.17) is 4.74 Å². The first-order valence-electron chi connectivity index (χ1n) is 9.22. The summed E-state index contributed by atoms with van der Waals surface area (Å²) < 4.78 is 6.10. The van der Waals surface area contributed by atoms with Crippen LogP contribution in [0.4, 0.5) is 0 Å². The molecule has 4 nitrogen and oxygen atoms in total. The number of thiazole rings is 1. The fourth-order valence-electron chi connectivity index (χ4n) is 2.87. The van der Waals surface area contributed by atoms with Gasteiger partial charge in [-0.25, -0.2) is 4.98 Å². The fraction of sp³-hybridized carbons (Fsp3) is 0.789. The summed E-state index contributed by atoms with van der Waals surface area (Å²) in [6.45, 7) is 14.0. The van der Waals surface area contributed by atoms with Crippen LogP contribution in [0.5, 0.6) is 0 Å². The average molecular weight is 355 g/mol. The van der Waals surface area contributed by atoms with Crippen molar-refractivity contribution < 1.29 is 9.53 Å². The zero-order valence-corrected chi connectivity index (χ0v) is 17.0. The molecule has 0 saturated carbocycles. The van der Waals surface area contributed by atoms with Crippen LogP contribution in [0, 0.1) is 6.92 Å². The molecule has 1 aromatic heterocycles. The Morgan fingerprint density at radius 3 is 2.42 bits per heavy atom. The highest BCUT2D eigenvalue weighted by Crippen LogP contribution is 2.25. The lowest BCUT2D eigenvalue weighted by Crippen LogP contribution is -2.30. The van der Waals surface area contributed by atoms with E-state index in [2.05, 4.69) is 44.9 Å². The van der Waals surface area contributed by atoms with E-state index in [-0.39, 0.29) is 11.5 Å². The summed E-state index contributed by atoms with van der Waals surface area (Å²) in [7, 11) is 0. The van der Waals surface area contributed by atoms with Gasteiger partial charge in [-0.15, -0.1) is 11.3 Å². The number of rotatable bonds is 11. The van der Waals surface area contributed by atoms with Crippen LogP contribution in [0.1, 0.15) is 93.0 Å². The third-order valence-electron chi connectivity index (χ3n) is 4.13. The van der Waals surface area contributed by atoms with Crippen molar-refractivity contribution in [2.24, 2.45) is 0 Å². The first-order chi connectivity index (χ1) is 11.3. The predicted molar refractivity (Wildman–Crippen MR) is 102 cm³/mol. The minimum absolute atomic E-state index is 0.0122. The molecule has 0 aliphatic heterocycles. The molecule has 0 saturated heterocycles. The Kier molecular flexibility index (Phi) is 8.92. The van der Waals surface area contributed by atoms with Gasteiger partial charge in [-0.2, -0.15) is 0 Å². The Balaban J connectivity index is 2.38. The predicted octanol–water partition coefficient (Wildman–Crippen LogP) is 5.07. The summed E-state index contributed by atoms with van der Waals surface area (Å²) in [5.41, 5.74) is 0.810. The molecule has 0 unspecified atom stereocenters. The van der Waals surface area contributed by atoms with Crippen LogP contribution in [0.2, 0.25) is 0 Å². The van der Waals surface area contributed by atoms with E-state index in [1.54, 1.807) is 0 Å². The Morgan fingerprint density at radius 2 is 1.92 bits per heavy atom. The Labute approximate surface area is 151 Å². The molecule has 0 aromatic carbocycles.